The summed E-state index contributed by atoms with van der Waals surface area (Å²) >= 11 is 0. The number of nitrogens with zero attached hydrogens (tertiary/aromatic N) is 2. The summed E-state index contributed by atoms with van der Waals surface area (Å²) in [5, 5.41) is 9.63. The first-order valence-corrected chi connectivity index (χ1v) is 6.62. The van der Waals surface area contributed by atoms with Crippen LogP contribution in [0.5, 0.6) is 5.75 Å². The highest BCUT2D eigenvalue weighted by Crippen LogP contribution is 2.20. The molecule has 1 fully saturated rings. The second-order valence-corrected chi connectivity index (χ2v) is 4.80. The quantitative estimate of drug-likeness (QED) is 0.905. The Bertz CT molecular complexity index is 457. The van der Waals surface area contributed by atoms with E-state index in [1.165, 1.54) is 12.1 Å². The normalized spacial score (nSPS) is 16.6. The highest BCUT2D eigenvalue weighted by Gasteiger charge is 2.23. The number of phenolic OH excluding ortho intramolecular Hbond substituents is 1. The summed E-state index contributed by atoms with van der Waals surface area (Å²) < 4.78 is 12.9. The van der Waals surface area contributed by atoms with Crippen molar-refractivity contribution in [2.75, 3.05) is 32.7 Å². The lowest BCUT2D eigenvalue weighted by atomic mass is 10.1. The Morgan fingerprint density at radius 1 is 1.32 bits per heavy atom. The molecular formula is C14H19FN2O2. The maximum absolute atomic E-state index is 12.9. The number of phenols is 1. The first-order chi connectivity index (χ1) is 9.11. The van der Waals surface area contributed by atoms with Crippen molar-refractivity contribution in [2.24, 2.45) is 0 Å². The van der Waals surface area contributed by atoms with E-state index in [0.29, 0.717) is 13.1 Å². The summed E-state index contributed by atoms with van der Waals surface area (Å²) in [6.45, 7) is 6.17. The fourth-order valence-corrected chi connectivity index (χ4v) is 2.35. The monoisotopic (exact) mass is 266 g/mol. The largest absolute Gasteiger partial charge is 0.507 e. The van der Waals surface area contributed by atoms with Crippen molar-refractivity contribution in [2.45, 2.75) is 13.3 Å². The van der Waals surface area contributed by atoms with Crippen molar-refractivity contribution in [1.29, 1.82) is 0 Å². The Balaban J connectivity index is 2.01. The molecule has 2 rings (SSSR count). The molecule has 1 saturated heterocycles. The van der Waals surface area contributed by atoms with Crippen molar-refractivity contribution in [3.8, 4) is 5.75 Å². The minimum absolute atomic E-state index is 0.172. The Hall–Kier alpha value is -1.62. The number of carbonyl (C=O) groups excluding carboxylic acids is 1. The van der Waals surface area contributed by atoms with Crippen molar-refractivity contribution >= 4 is 5.91 Å². The molecule has 0 unspecified atom stereocenters. The highest BCUT2D eigenvalue weighted by molar-refractivity contribution is 5.96. The molecule has 104 valence electrons. The molecule has 19 heavy (non-hydrogen) atoms. The Kier molecular flexibility index (Phi) is 4.37. The fourth-order valence-electron chi connectivity index (χ4n) is 2.35. The molecule has 0 aromatic heterocycles. The van der Waals surface area contributed by atoms with E-state index in [4.69, 9.17) is 0 Å². The zero-order valence-corrected chi connectivity index (χ0v) is 11.1. The third-order valence-corrected chi connectivity index (χ3v) is 3.39. The van der Waals surface area contributed by atoms with Crippen LogP contribution in [0.15, 0.2) is 18.2 Å². The number of aromatic hydroxyl groups is 1. The van der Waals surface area contributed by atoms with Crippen LogP contribution in [0.25, 0.3) is 0 Å². The molecule has 1 amide bonds. The molecule has 0 atom stereocenters. The molecule has 1 aliphatic rings. The van der Waals surface area contributed by atoms with Crippen molar-refractivity contribution < 1.29 is 14.3 Å². The zero-order chi connectivity index (χ0) is 13.8. The molecular weight excluding hydrogens is 247 g/mol. The van der Waals surface area contributed by atoms with E-state index in [1.54, 1.807) is 4.90 Å². The van der Waals surface area contributed by atoms with Gasteiger partial charge in [0.2, 0.25) is 0 Å². The molecule has 5 heteroatoms. The summed E-state index contributed by atoms with van der Waals surface area (Å²) in [4.78, 5) is 16.2. The number of rotatable bonds is 3. The zero-order valence-electron chi connectivity index (χ0n) is 11.1. The van der Waals surface area contributed by atoms with Gasteiger partial charge in [0.25, 0.3) is 5.91 Å². The average Bonchev–Trinajstić information content (AvgIpc) is 2.39. The predicted octanol–water partition coefficient (Wildman–Crippen LogP) is 1.70. The second kappa shape index (κ2) is 6.02. The van der Waals surface area contributed by atoms with Gasteiger partial charge in [-0.3, -0.25) is 9.69 Å². The van der Waals surface area contributed by atoms with E-state index in [1.807, 2.05) is 0 Å². The van der Waals surface area contributed by atoms with Gasteiger partial charge in [0.1, 0.15) is 11.6 Å². The van der Waals surface area contributed by atoms with Gasteiger partial charge in [-0.25, -0.2) is 4.39 Å². The van der Waals surface area contributed by atoms with Gasteiger partial charge in [-0.05, 0) is 25.1 Å². The van der Waals surface area contributed by atoms with Crippen LogP contribution in [0.2, 0.25) is 0 Å². The summed E-state index contributed by atoms with van der Waals surface area (Å²) in [5.74, 6) is -1.06. The molecule has 0 saturated carbocycles. The van der Waals surface area contributed by atoms with Crippen molar-refractivity contribution in [3.05, 3.63) is 29.6 Å². The van der Waals surface area contributed by atoms with E-state index in [-0.39, 0.29) is 17.2 Å². The lowest BCUT2D eigenvalue weighted by molar-refractivity contribution is 0.0634. The molecule has 0 bridgehead atoms. The third kappa shape index (κ3) is 3.23. The minimum Gasteiger partial charge on any atom is -0.507 e. The van der Waals surface area contributed by atoms with E-state index >= 15 is 0 Å². The lowest BCUT2D eigenvalue weighted by Gasteiger charge is -2.34. The van der Waals surface area contributed by atoms with Gasteiger partial charge >= 0.3 is 0 Å². The number of hydrogen-bond donors (Lipinski definition) is 1. The van der Waals surface area contributed by atoms with Crippen LogP contribution in [0.4, 0.5) is 4.39 Å². The van der Waals surface area contributed by atoms with Gasteiger partial charge in [-0.15, -0.1) is 0 Å². The number of benzene rings is 1. The van der Waals surface area contributed by atoms with Gasteiger partial charge < -0.3 is 10.0 Å². The number of carbonyl (C=O) groups is 1. The minimum atomic E-state index is -0.540. The number of amides is 1. The highest BCUT2D eigenvalue weighted by atomic mass is 19.1. The maximum atomic E-state index is 12.9. The Labute approximate surface area is 112 Å². The standard InChI is InChI=1S/C14H19FN2O2/c1-2-5-16-6-8-17(9-7-16)14(19)12-4-3-11(15)10-13(12)18/h3-4,10,18H,2,5-9H2,1H3. The average molecular weight is 266 g/mol. The van der Waals surface area contributed by atoms with Gasteiger partial charge in [0.15, 0.2) is 0 Å². The summed E-state index contributed by atoms with van der Waals surface area (Å²) in [5.41, 5.74) is 0.172. The number of hydrogen-bond acceptors (Lipinski definition) is 3. The molecule has 0 aliphatic carbocycles. The van der Waals surface area contributed by atoms with Gasteiger partial charge in [0, 0.05) is 32.2 Å². The summed E-state index contributed by atoms with van der Waals surface area (Å²) in [7, 11) is 0. The molecule has 1 heterocycles. The van der Waals surface area contributed by atoms with E-state index < -0.39 is 5.82 Å². The predicted molar refractivity (Wildman–Crippen MR) is 70.7 cm³/mol. The Morgan fingerprint density at radius 3 is 2.58 bits per heavy atom. The molecule has 0 spiro atoms. The van der Waals surface area contributed by atoms with E-state index in [2.05, 4.69) is 11.8 Å². The molecule has 1 aliphatic heterocycles. The Morgan fingerprint density at radius 2 is 2.00 bits per heavy atom. The van der Waals surface area contributed by atoms with Crippen LogP contribution < -0.4 is 0 Å². The SMILES string of the molecule is CCCN1CCN(C(=O)c2ccc(F)cc2O)CC1. The first-order valence-electron chi connectivity index (χ1n) is 6.62. The molecule has 1 aromatic carbocycles. The molecule has 1 N–H and O–H groups in total. The van der Waals surface area contributed by atoms with Crippen LogP contribution in [0.3, 0.4) is 0 Å². The van der Waals surface area contributed by atoms with Gasteiger partial charge in [0.05, 0.1) is 5.56 Å². The second-order valence-electron chi connectivity index (χ2n) is 4.80. The van der Waals surface area contributed by atoms with Gasteiger partial charge in [-0.2, -0.15) is 0 Å². The summed E-state index contributed by atoms with van der Waals surface area (Å²) in [6, 6.07) is 3.51. The summed E-state index contributed by atoms with van der Waals surface area (Å²) in [6.07, 6.45) is 1.10. The van der Waals surface area contributed by atoms with E-state index in [0.717, 1.165) is 32.1 Å². The molecule has 0 radical (unpaired) electrons. The molecule has 4 nitrogen and oxygen atoms in total. The fraction of sp³-hybridized carbons (Fsp3) is 0.500. The first kappa shape index (κ1) is 13.8. The number of piperazine rings is 1. The van der Waals surface area contributed by atoms with Crippen LogP contribution in [0, 0.1) is 5.82 Å². The topological polar surface area (TPSA) is 43.8 Å². The van der Waals surface area contributed by atoms with Crippen LogP contribution in [0.1, 0.15) is 23.7 Å². The maximum Gasteiger partial charge on any atom is 0.257 e. The van der Waals surface area contributed by atoms with Crippen LogP contribution >= 0.6 is 0 Å². The number of halogens is 1. The van der Waals surface area contributed by atoms with Crippen LogP contribution in [-0.4, -0.2) is 53.5 Å². The van der Waals surface area contributed by atoms with Gasteiger partial charge in [-0.1, -0.05) is 6.92 Å². The lowest BCUT2D eigenvalue weighted by Crippen LogP contribution is -2.48. The van der Waals surface area contributed by atoms with Crippen LogP contribution in [-0.2, 0) is 0 Å². The smallest absolute Gasteiger partial charge is 0.257 e. The van der Waals surface area contributed by atoms with Crippen molar-refractivity contribution in [1.82, 2.24) is 9.80 Å². The molecule has 1 aromatic rings. The third-order valence-electron chi connectivity index (χ3n) is 3.39. The van der Waals surface area contributed by atoms with E-state index in [9.17, 15) is 14.3 Å². The van der Waals surface area contributed by atoms with Crippen molar-refractivity contribution in [3.63, 3.8) is 0 Å².